The van der Waals surface area contributed by atoms with E-state index in [4.69, 9.17) is 15.2 Å². The van der Waals surface area contributed by atoms with Gasteiger partial charge in [0.1, 0.15) is 12.4 Å². The molecule has 0 aliphatic heterocycles. The maximum atomic E-state index is 13.3. The van der Waals surface area contributed by atoms with Crippen molar-refractivity contribution in [2.24, 2.45) is 11.7 Å². The fraction of sp³-hybridized carbons (Fsp3) is 0.585. The zero-order valence-electron chi connectivity index (χ0n) is 37.1. The van der Waals surface area contributed by atoms with Crippen molar-refractivity contribution in [3.05, 3.63) is 114 Å². The average Bonchev–Trinajstić information content (AvgIpc) is 3.24. The second-order valence-corrected chi connectivity index (χ2v) is 16.3. The number of esters is 2. The quantitative estimate of drug-likeness (QED) is 0.0308. The Bertz CT molecular complexity index is 1430. The van der Waals surface area contributed by atoms with Gasteiger partial charge in [0.2, 0.25) is 0 Å². The third-order valence-electron chi connectivity index (χ3n) is 10.7. The lowest BCUT2D eigenvalue weighted by molar-refractivity contribution is -0.150. The van der Waals surface area contributed by atoms with Crippen molar-refractivity contribution in [2.45, 2.75) is 187 Å². The Hall–Kier alpha value is -3.74. The first kappa shape index (κ1) is 51.4. The molecule has 0 bridgehead atoms. The molecule has 0 saturated heterocycles. The van der Waals surface area contributed by atoms with Gasteiger partial charge in [0.05, 0.1) is 12.0 Å². The van der Waals surface area contributed by atoms with Crippen LogP contribution in [0.4, 0.5) is 0 Å². The summed E-state index contributed by atoms with van der Waals surface area (Å²) in [7, 11) is 0. The van der Waals surface area contributed by atoms with Gasteiger partial charge in [0.25, 0.3) is 0 Å². The predicted octanol–water partition coefficient (Wildman–Crippen LogP) is 13.5. The zero-order valence-corrected chi connectivity index (χ0v) is 37.1. The Morgan fingerprint density at radius 3 is 1.76 bits per heavy atom. The molecule has 0 amide bonds. The van der Waals surface area contributed by atoms with Crippen LogP contribution in [0, 0.1) is 5.92 Å². The van der Waals surface area contributed by atoms with Gasteiger partial charge in [0, 0.05) is 12.5 Å². The number of carbonyl (C=O) groups is 2. The number of aliphatic hydroxyl groups excluding tert-OH is 1. The van der Waals surface area contributed by atoms with E-state index < -0.39 is 12.0 Å². The summed E-state index contributed by atoms with van der Waals surface area (Å²) in [5, 5.41) is 10.9. The highest BCUT2D eigenvalue weighted by Gasteiger charge is 2.24. The molecular weight excluding hydrogens is 731 g/mol. The molecule has 2 rings (SSSR count). The summed E-state index contributed by atoms with van der Waals surface area (Å²) >= 11 is 0. The highest BCUT2D eigenvalue weighted by atomic mass is 16.5. The van der Waals surface area contributed by atoms with E-state index in [-0.39, 0.29) is 24.6 Å². The summed E-state index contributed by atoms with van der Waals surface area (Å²) in [6, 6.07) is 17.2. The minimum absolute atomic E-state index is 0.0985. The number of aryl methyl sites for hydroxylation is 1. The van der Waals surface area contributed by atoms with Crippen LogP contribution in [0.15, 0.2) is 103 Å². The van der Waals surface area contributed by atoms with Crippen molar-refractivity contribution in [1.82, 2.24) is 0 Å². The number of aliphatic hydroxyl groups is 1. The monoisotopic (exact) mass is 812 g/mol. The fourth-order valence-electron chi connectivity index (χ4n) is 7.05. The van der Waals surface area contributed by atoms with Gasteiger partial charge in [-0.05, 0) is 126 Å². The largest absolute Gasteiger partial charge is 0.464 e. The number of carbonyl (C=O) groups excluding carboxylic acids is 2. The molecule has 6 nitrogen and oxygen atoms in total. The van der Waals surface area contributed by atoms with Crippen molar-refractivity contribution < 1.29 is 24.2 Å². The number of ether oxygens (including phenoxy) is 2. The van der Waals surface area contributed by atoms with E-state index >= 15 is 0 Å². The van der Waals surface area contributed by atoms with Crippen LogP contribution >= 0.6 is 0 Å². The second kappa shape index (κ2) is 36.1. The third kappa shape index (κ3) is 29.2. The maximum Gasteiger partial charge on any atom is 0.311 e. The lowest BCUT2D eigenvalue weighted by atomic mass is 9.92. The number of benzene rings is 2. The van der Waals surface area contributed by atoms with Gasteiger partial charge in [0.15, 0.2) is 0 Å². The summed E-state index contributed by atoms with van der Waals surface area (Å²) in [6.45, 7) is 4.57. The molecule has 0 saturated carbocycles. The van der Waals surface area contributed by atoms with Gasteiger partial charge >= 0.3 is 11.9 Å². The number of allylic oxidation sites excluding steroid dienone is 8. The van der Waals surface area contributed by atoms with E-state index in [1.807, 2.05) is 30.3 Å². The molecule has 0 spiro atoms. The summed E-state index contributed by atoms with van der Waals surface area (Å²) in [5.74, 6) is -0.380. The Kier molecular flexibility index (Phi) is 31.5. The number of hydrogen-bond donors (Lipinski definition) is 2. The van der Waals surface area contributed by atoms with Crippen molar-refractivity contribution in [3.63, 3.8) is 0 Å². The van der Waals surface area contributed by atoms with E-state index in [0.717, 1.165) is 75.3 Å². The molecule has 328 valence electrons. The summed E-state index contributed by atoms with van der Waals surface area (Å²) in [6.07, 6.45) is 42.4. The highest BCUT2D eigenvalue weighted by molar-refractivity contribution is 5.73. The Balaban J connectivity index is 1.66. The second-order valence-electron chi connectivity index (χ2n) is 16.3. The SMILES string of the molecule is CCCCCC=CCC=CCCCCCCCC(=O)Oc1ccc(C[C@H](N)COC(=O)C(CCc2ccccc2)CC(O)CCCCC=CCC=CCCCCC)cc1. The van der Waals surface area contributed by atoms with Gasteiger partial charge in [-0.15, -0.1) is 0 Å². The number of hydrogen-bond acceptors (Lipinski definition) is 6. The highest BCUT2D eigenvalue weighted by Crippen LogP contribution is 2.21. The lowest BCUT2D eigenvalue weighted by Gasteiger charge is -2.21. The van der Waals surface area contributed by atoms with Gasteiger partial charge in [-0.2, -0.15) is 0 Å². The van der Waals surface area contributed by atoms with E-state index in [2.05, 4.69) is 74.6 Å². The van der Waals surface area contributed by atoms with Gasteiger partial charge < -0.3 is 20.3 Å². The smallest absolute Gasteiger partial charge is 0.311 e. The van der Waals surface area contributed by atoms with E-state index in [1.165, 1.54) is 64.2 Å². The summed E-state index contributed by atoms with van der Waals surface area (Å²) in [4.78, 5) is 25.8. The molecule has 0 aliphatic carbocycles. The number of unbranched alkanes of at least 4 members (excludes halogenated alkanes) is 13. The van der Waals surface area contributed by atoms with Crippen LogP contribution in [0.3, 0.4) is 0 Å². The van der Waals surface area contributed by atoms with Crippen LogP contribution in [-0.4, -0.2) is 35.8 Å². The van der Waals surface area contributed by atoms with Crippen molar-refractivity contribution in [2.75, 3.05) is 6.61 Å². The normalized spacial score (nSPS) is 13.5. The molecule has 2 unspecified atom stereocenters. The molecule has 2 aromatic rings. The number of rotatable bonds is 36. The molecule has 3 N–H and O–H groups in total. The van der Waals surface area contributed by atoms with Crippen LogP contribution in [0.25, 0.3) is 0 Å². The first-order valence-electron chi connectivity index (χ1n) is 23.4. The number of nitrogens with two attached hydrogens (primary N) is 1. The van der Waals surface area contributed by atoms with Crippen LogP contribution in [0.1, 0.15) is 173 Å². The lowest BCUT2D eigenvalue weighted by Crippen LogP contribution is -2.32. The molecule has 0 aromatic heterocycles. The molecule has 0 heterocycles. The van der Waals surface area contributed by atoms with Crippen molar-refractivity contribution >= 4 is 11.9 Å². The van der Waals surface area contributed by atoms with Crippen LogP contribution in [0.2, 0.25) is 0 Å². The Morgan fingerprint density at radius 2 is 1.17 bits per heavy atom. The molecule has 2 aromatic carbocycles. The van der Waals surface area contributed by atoms with Gasteiger partial charge in [-0.25, -0.2) is 0 Å². The standard InChI is InChI=1S/C53H81NO5/c1-3-5-7-9-11-13-15-17-18-19-21-23-25-27-32-36-52(56)59-51-41-38-47(39-42-51)43-49(54)45-58-53(57)48(40-37-46-33-29-28-30-34-46)44-50(55)35-31-26-24-22-20-16-14-12-10-8-6-4-2/h11-14,17-18,20,22,28-30,33-34,38-39,41-42,48-50,55H,3-10,15-16,19,21,23-27,31-32,35-37,40,43-45,54H2,1-2H3/t48?,49-,50?/m0/s1. The van der Waals surface area contributed by atoms with Crippen LogP contribution < -0.4 is 10.5 Å². The van der Waals surface area contributed by atoms with E-state index in [9.17, 15) is 14.7 Å². The van der Waals surface area contributed by atoms with Gasteiger partial charge in [-0.3, -0.25) is 9.59 Å². The van der Waals surface area contributed by atoms with Crippen LogP contribution in [-0.2, 0) is 27.2 Å². The molecule has 0 fully saturated rings. The fourth-order valence-corrected chi connectivity index (χ4v) is 7.05. The zero-order chi connectivity index (χ0) is 42.4. The molecule has 0 aliphatic rings. The van der Waals surface area contributed by atoms with Crippen LogP contribution in [0.5, 0.6) is 5.75 Å². The topological polar surface area (TPSA) is 98.9 Å². The summed E-state index contributed by atoms with van der Waals surface area (Å²) < 4.78 is 11.3. The molecule has 6 heteroatoms. The van der Waals surface area contributed by atoms with Gasteiger partial charge in [-0.1, -0.05) is 156 Å². The summed E-state index contributed by atoms with van der Waals surface area (Å²) in [5.41, 5.74) is 8.56. The first-order valence-corrected chi connectivity index (χ1v) is 23.4. The maximum absolute atomic E-state index is 13.3. The molecule has 59 heavy (non-hydrogen) atoms. The molecule has 3 atom stereocenters. The minimum atomic E-state index is -0.556. The minimum Gasteiger partial charge on any atom is -0.464 e. The Labute approximate surface area is 359 Å². The molecule has 0 radical (unpaired) electrons. The van der Waals surface area contributed by atoms with Crippen molar-refractivity contribution in [3.8, 4) is 5.75 Å². The predicted molar refractivity (Wildman–Crippen MR) is 248 cm³/mol. The Morgan fingerprint density at radius 1 is 0.627 bits per heavy atom. The molecular formula is C53H81NO5. The first-order chi connectivity index (χ1) is 28.9. The van der Waals surface area contributed by atoms with Crippen molar-refractivity contribution in [1.29, 1.82) is 0 Å². The third-order valence-corrected chi connectivity index (χ3v) is 10.7. The van der Waals surface area contributed by atoms with E-state index in [1.54, 1.807) is 12.1 Å². The average molecular weight is 812 g/mol. The van der Waals surface area contributed by atoms with E-state index in [0.29, 0.717) is 37.9 Å².